The molecule has 0 saturated carbocycles. The SMILES string of the molecule is Cc1ccc(S(=O)(=O)N2C3CCC2CC(O)C3)c(Br)c1. The predicted octanol–water partition coefficient (Wildman–Crippen LogP) is 2.43. The minimum absolute atomic E-state index is 0.0537. The smallest absolute Gasteiger partial charge is 0.244 e. The Labute approximate surface area is 128 Å². The number of aliphatic hydroxyl groups excluding tert-OH is 1. The summed E-state index contributed by atoms with van der Waals surface area (Å²) in [5.41, 5.74) is 1.02. The molecule has 2 atom stereocenters. The second-order valence-corrected chi connectivity index (χ2v) is 8.44. The summed E-state index contributed by atoms with van der Waals surface area (Å²) in [6.07, 6.45) is 2.45. The molecule has 2 heterocycles. The van der Waals surface area contributed by atoms with Crippen molar-refractivity contribution in [3.8, 4) is 0 Å². The van der Waals surface area contributed by atoms with Crippen LogP contribution in [0.4, 0.5) is 0 Å². The van der Waals surface area contributed by atoms with Crippen LogP contribution in [0, 0.1) is 6.92 Å². The standard InChI is InChI=1S/C14H18BrNO3S/c1-9-2-5-14(13(15)6-9)20(18,19)16-10-3-4-11(16)8-12(17)7-10/h2,5-6,10-12,17H,3-4,7-8H2,1H3. The normalized spacial score (nSPS) is 30.6. The average molecular weight is 360 g/mol. The molecule has 0 aromatic heterocycles. The fraction of sp³-hybridized carbons (Fsp3) is 0.571. The Morgan fingerprint density at radius 3 is 2.40 bits per heavy atom. The highest BCUT2D eigenvalue weighted by atomic mass is 79.9. The molecular formula is C14H18BrNO3S. The van der Waals surface area contributed by atoms with Crippen LogP contribution >= 0.6 is 15.9 Å². The molecule has 0 spiro atoms. The number of aliphatic hydroxyl groups is 1. The zero-order valence-corrected chi connectivity index (χ0v) is 13.7. The summed E-state index contributed by atoms with van der Waals surface area (Å²) in [6, 6.07) is 5.20. The van der Waals surface area contributed by atoms with E-state index in [-0.39, 0.29) is 18.2 Å². The van der Waals surface area contributed by atoms with Crippen molar-refractivity contribution in [3.63, 3.8) is 0 Å². The maximum absolute atomic E-state index is 12.9. The Hall–Kier alpha value is -0.430. The first kappa shape index (κ1) is 14.5. The van der Waals surface area contributed by atoms with Gasteiger partial charge in [0.1, 0.15) is 0 Å². The number of sulfonamides is 1. The molecular weight excluding hydrogens is 342 g/mol. The molecule has 0 aliphatic carbocycles. The summed E-state index contributed by atoms with van der Waals surface area (Å²) in [4.78, 5) is 0.330. The first-order chi connectivity index (χ1) is 9.39. The summed E-state index contributed by atoms with van der Waals surface area (Å²) in [5.74, 6) is 0. The van der Waals surface area contributed by atoms with E-state index in [2.05, 4.69) is 15.9 Å². The molecule has 3 rings (SSSR count). The van der Waals surface area contributed by atoms with Crippen molar-refractivity contribution in [2.75, 3.05) is 0 Å². The van der Waals surface area contributed by atoms with Gasteiger partial charge in [-0.05, 0) is 66.2 Å². The molecule has 1 aromatic rings. The summed E-state index contributed by atoms with van der Waals surface area (Å²) in [7, 11) is -3.49. The molecule has 0 amide bonds. The number of hydrogen-bond acceptors (Lipinski definition) is 3. The van der Waals surface area contributed by atoms with Crippen molar-refractivity contribution < 1.29 is 13.5 Å². The van der Waals surface area contributed by atoms with E-state index in [0.29, 0.717) is 22.2 Å². The number of hydrogen-bond donors (Lipinski definition) is 1. The topological polar surface area (TPSA) is 57.6 Å². The van der Waals surface area contributed by atoms with Crippen LogP contribution in [0.1, 0.15) is 31.2 Å². The van der Waals surface area contributed by atoms with E-state index in [9.17, 15) is 13.5 Å². The molecule has 4 nitrogen and oxygen atoms in total. The summed E-state index contributed by atoms with van der Waals surface area (Å²) >= 11 is 3.37. The van der Waals surface area contributed by atoms with Crippen LogP contribution in [0.3, 0.4) is 0 Å². The largest absolute Gasteiger partial charge is 0.393 e. The van der Waals surface area contributed by atoms with Crippen LogP contribution in [-0.2, 0) is 10.0 Å². The van der Waals surface area contributed by atoms with Gasteiger partial charge in [0.05, 0.1) is 11.0 Å². The zero-order chi connectivity index (χ0) is 14.5. The molecule has 110 valence electrons. The van der Waals surface area contributed by atoms with Crippen LogP contribution in [0.15, 0.2) is 27.6 Å². The Morgan fingerprint density at radius 1 is 1.25 bits per heavy atom. The number of rotatable bonds is 2. The third kappa shape index (κ3) is 2.32. The van der Waals surface area contributed by atoms with E-state index in [0.717, 1.165) is 18.4 Å². The van der Waals surface area contributed by atoms with Gasteiger partial charge in [0, 0.05) is 16.6 Å². The Morgan fingerprint density at radius 2 is 1.85 bits per heavy atom. The van der Waals surface area contributed by atoms with E-state index in [1.54, 1.807) is 10.4 Å². The Bertz CT molecular complexity index is 617. The number of benzene rings is 1. The van der Waals surface area contributed by atoms with Gasteiger partial charge < -0.3 is 5.11 Å². The lowest BCUT2D eigenvalue weighted by atomic mass is 10.0. The highest BCUT2D eigenvalue weighted by Crippen LogP contribution is 2.41. The highest BCUT2D eigenvalue weighted by Gasteiger charge is 2.47. The maximum atomic E-state index is 12.9. The molecule has 2 aliphatic heterocycles. The third-order valence-electron chi connectivity index (χ3n) is 4.28. The van der Waals surface area contributed by atoms with Crippen LogP contribution in [0.25, 0.3) is 0 Å². The second kappa shape index (κ2) is 5.09. The van der Waals surface area contributed by atoms with Crippen molar-refractivity contribution in [1.82, 2.24) is 4.31 Å². The van der Waals surface area contributed by atoms with Gasteiger partial charge >= 0.3 is 0 Å². The van der Waals surface area contributed by atoms with Gasteiger partial charge in [-0.15, -0.1) is 0 Å². The number of piperidine rings is 1. The van der Waals surface area contributed by atoms with Crippen LogP contribution in [0.2, 0.25) is 0 Å². The van der Waals surface area contributed by atoms with Gasteiger partial charge in [-0.25, -0.2) is 8.42 Å². The van der Waals surface area contributed by atoms with Gasteiger partial charge in [-0.2, -0.15) is 4.31 Å². The van der Waals surface area contributed by atoms with E-state index in [1.165, 1.54) is 0 Å². The molecule has 1 aromatic carbocycles. The fourth-order valence-electron chi connectivity index (χ4n) is 3.43. The molecule has 2 saturated heterocycles. The molecule has 0 radical (unpaired) electrons. The molecule has 2 fully saturated rings. The maximum Gasteiger partial charge on any atom is 0.244 e. The van der Waals surface area contributed by atoms with Gasteiger partial charge in [-0.1, -0.05) is 6.07 Å². The quantitative estimate of drug-likeness (QED) is 0.881. The second-order valence-electron chi connectivity index (χ2n) is 5.78. The molecule has 20 heavy (non-hydrogen) atoms. The number of fused-ring (bicyclic) bond motifs is 2. The van der Waals surface area contributed by atoms with Crippen molar-refractivity contribution in [2.24, 2.45) is 0 Å². The van der Waals surface area contributed by atoms with Crippen LogP contribution in [-0.4, -0.2) is 36.0 Å². The molecule has 2 aliphatic rings. The first-order valence-electron chi connectivity index (χ1n) is 6.87. The lowest BCUT2D eigenvalue weighted by Gasteiger charge is -2.36. The van der Waals surface area contributed by atoms with E-state index in [1.807, 2.05) is 19.1 Å². The minimum atomic E-state index is -3.49. The summed E-state index contributed by atoms with van der Waals surface area (Å²) in [5, 5.41) is 9.80. The minimum Gasteiger partial charge on any atom is -0.393 e. The number of aryl methyl sites for hydroxylation is 1. The van der Waals surface area contributed by atoms with Gasteiger partial charge in [0.2, 0.25) is 10.0 Å². The summed E-state index contributed by atoms with van der Waals surface area (Å²) in [6.45, 7) is 1.93. The predicted molar refractivity (Wildman–Crippen MR) is 80.0 cm³/mol. The molecule has 6 heteroatoms. The van der Waals surface area contributed by atoms with Gasteiger partial charge in [-0.3, -0.25) is 0 Å². The average Bonchev–Trinajstić information content (AvgIpc) is 2.62. The van der Waals surface area contributed by atoms with Gasteiger partial charge in [0.15, 0.2) is 0 Å². The van der Waals surface area contributed by atoms with Crippen molar-refractivity contribution in [2.45, 2.75) is 55.7 Å². The molecule has 2 bridgehead atoms. The fourth-order valence-corrected chi connectivity index (χ4v) is 6.47. The first-order valence-corrected chi connectivity index (χ1v) is 9.10. The Balaban J connectivity index is 2.01. The third-order valence-corrected chi connectivity index (χ3v) is 7.27. The van der Waals surface area contributed by atoms with Crippen LogP contribution in [0.5, 0.6) is 0 Å². The lowest BCUT2D eigenvalue weighted by Crippen LogP contribution is -2.47. The summed E-state index contributed by atoms with van der Waals surface area (Å²) < 4.78 is 28.1. The molecule has 2 unspecified atom stereocenters. The highest BCUT2D eigenvalue weighted by molar-refractivity contribution is 9.10. The van der Waals surface area contributed by atoms with Crippen LogP contribution < -0.4 is 0 Å². The number of nitrogens with zero attached hydrogens (tertiary/aromatic N) is 1. The lowest BCUT2D eigenvalue weighted by molar-refractivity contribution is 0.0768. The zero-order valence-electron chi connectivity index (χ0n) is 11.3. The van der Waals surface area contributed by atoms with Crippen molar-refractivity contribution in [3.05, 3.63) is 28.2 Å². The number of halogens is 1. The van der Waals surface area contributed by atoms with E-state index < -0.39 is 10.0 Å². The van der Waals surface area contributed by atoms with E-state index in [4.69, 9.17) is 0 Å². The van der Waals surface area contributed by atoms with Crippen molar-refractivity contribution in [1.29, 1.82) is 0 Å². The monoisotopic (exact) mass is 359 g/mol. The van der Waals surface area contributed by atoms with E-state index >= 15 is 0 Å². The van der Waals surface area contributed by atoms with Gasteiger partial charge in [0.25, 0.3) is 0 Å². The van der Waals surface area contributed by atoms with Crippen molar-refractivity contribution >= 4 is 26.0 Å². The molecule has 1 N–H and O–H groups in total. The Kier molecular flexibility index (Phi) is 3.69.